The molecular weight excluding hydrogens is 264 g/mol. The number of nitrogens with zero attached hydrogens (tertiary/aromatic N) is 6. The number of thioether (sulfide) groups is 1. The number of hydrogen-bond donors (Lipinski definition) is 0. The van der Waals surface area contributed by atoms with Crippen LogP contribution in [0.4, 0.5) is 0 Å². The predicted molar refractivity (Wildman–Crippen MR) is 67.0 cm³/mol. The Balaban J connectivity index is 2.07. The van der Waals surface area contributed by atoms with Crippen LogP contribution in [0.15, 0.2) is 23.1 Å². The van der Waals surface area contributed by atoms with E-state index in [-0.39, 0.29) is 11.6 Å². The number of tetrazole rings is 1. The summed E-state index contributed by atoms with van der Waals surface area (Å²) in [6.45, 7) is 0. The molecule has 0 aliphatic heterocycles. The van der Waals surface area contributed by atoms with E-state index in [9.17, 15) is 4.79 Å². The first kappa shape index (κ1) is 10.6. The lowest BCUT2D eigenvalue weighted by Gasteiger charge is -2.00. The van der Waals surface area contributed by atoms with Gasteiger partial charge in [-0.25, -0.2) is 4.98 Å². The maximum Gasteiger partial charge on any atom is 0.292 e. The van der Waals surface area contributed by atoms with Crippen LogP contribution in [-0.4, -0.2) is 42.3 Å². The van der Waals surface area contributed by atoms with Gasteiger partial charge < -0.3 is 0 Å². The van der Waals surface area contributed by atoms with Crippen molar-refractivity contribution >= 4 is 23.3 Å². The number of hydrogen-bond acceptors (Lipinski definition) is 7. The summed E-state index contributed by atoms with van der Waals surface area (Å²) in [6, 6.07) is 5.66. The van der Waals surface area contributed by atoms with Gasteiger partial charge in [-0.3, -0.25) is 4.79 Å². The van der Waals surface area contributed by atoms with E-state index in [4.69, 9.17) is 0 Å². The van der Waals surface area contributed by atoms with Crippen molar-refractivity contribution in [3.8, 4) is 11.3 Å². The molecule has 0 saturated heterocycles. The second-order valence-electron chi connectivity index (χ2n) is 4.02. The van der Waals surface area contributed by atoms with Gasteiger partial charge in [-0.05, 0) is 34.9 Å². The molecule has 3 aromatic rings. The SMILES string of the molecule is CSc1ccc2c(c1)-c1nn3nnnc3nc1C2=O. The Kier molecular flexibility index (Phi) is 1.99. The van der Waals surface area contributed by atoms with Crippen molar-refractivity contribution in [2.24, 2.45) is 0 Å². The van der Waals surface area contributed by atoms with E-state index in [1.165, 1.54) is 4.63 Å². The molecule has 1 aliphatic rings. The van der Waals surface area contributed by atoms with Crippen LogP contribution in [0.1, 0.15) is 16.1 Å². The number of aromatic nitrogens is 6. The Labute approximate surface area is 111 Å². The zero-order chi connectivity index (χ0) is 13.0. The molecular formula is C11H6N6OS. The van der Waals surface area contributed by atoms with Gasteiger partial charge in [0.25, 0.3) is 5.78 Å². The Morgan fingerprint density at radius 3 is 2.95 bits per heavy atom. The highest BCUT2D eigenvalue weighted by Gasteiger charge is 2.31. The fourth-order valence-corrected chi connectivity index (χ4v) is 2.56. The van der Waals surface area contributed by atoms with Gasteiger partial charge in [-0.15, -0.1) is 16.9 Å². The number of carbonyl (C=O) groups excluding carboxylic acids is 1. The van der Waals surface area contributed by atoms with Crippen LogP contribution in [0, 0.1) is 0 Å². The van der Waals surface area contributed by atoms with E-state index < -0.39 is 0 Å². The lowest BCUT2D eigenvalue weighted by molar-refractivity contribution is 0.103. The van der Waals surface area contributed by atoms with Crippen molar-refractivity contribution in [2.45, 2.75) is 4.90 Å². The molecule has 0 amide bonds. The lowest BCUT2D eigenvalue weighted by Crippen LogP contribution is -2.04. The Hall–Kier alpha value is -2.35. The molecule has 92 valence electrons. The third-order valence-electron chi connectivity index (χ3n) is 3.01. The van der Waals surface area contributed by atoms with E-state index in [1.54, 1.807) is 17.8 Å². The monoisotopic (exact) mass is 270 g/mol. The molecule has 0 bridgehead atoms. The van der Waals surface area contributed by atoms with Crippen LogP contribution in [0.5, 0.6) is 0 Å². The number of carbonyl (C=O) groups is 1. The van der Waals surface area contributed by atoms with E-state index in [2.05, 4.69) is 25.6 Å². The van der Waals surface area contributed by atoms with Crippen LogP contribution in [0.3, 0.4) is 0 Å². The van der Waals surface area contributed by atoms with Crippen molar-refractivity contribution in [3.05, 3.63) is 29.5 Å². The number of fused-ring (bicyclic) bond motifs is 4. The molecule has 8 heteroatoms. The quantitative estimate of drug-likeness (QED) is 0.474. The second kappa shape index (κ2) is 3.58. The van der Waals surface area contributed by atoms with E-state index >= 15 is 0 Å². The van der Waals surface area contributed by atoms with Crippen molar-refractivity contribution in [2.75, 3.05) is 6.26 Å². The molecule has 0 unspecified atom stereocenters. The third kappa shape index (κ3) is 1.34. The second-order valence-corrected chi connectivity index (χ2v) is 4.90. The largest absolute Gasteiger partial charge is 0.292 e. The minimum absolute atomic E-state index is 0.129. The third-order valence-corrected chi connectivity index (χ3v) is 3.74. The Morgan fingerprint density at radius 2 is 2.11 bits per heavy atom. The molecule has 7 nitrogen and oxygen atoms in total. The summed E-state index contributed by atoms with van der Waals surface area (Å²) in [7, 11) is 0. The van der Waals surface area contributed by atoms with Gasteiger partial charge >= 0.3 is 0 Å². The first-order chi connectivity index (χ1) is 9.28. The molecule has 1 aromatic carbocycles. The Bertz CT molecular complexity index is 842. The van der Waals surface area contributed by atoms with Gasteiger partial charge in [0.1, 0.15) is 11.4 Å². The molecule has 0 fully saturated rings. The summed E-state index contributed by atoms with van der Waals surface area (Å²) < 4.78 is 1.23. The highest BCUT2D eigenvalue weighted by atomic mass is 32.2. The lowest BCUT2D eigenvalue weighted by atomic mass is 10.1. The minimum atomic E-state index is -0.129. The number of rotatable bonds is 1. The highest BCUT2D eigenvalue weighted by Crippen LogP contribution is 2.35. The molecule has 4 rings (SSSR count). The van der Waals surface area contributed by atoms with Crippen molar-refractivity contribution in [3.63, 3.8) is 0 Å². The molecule has 0 N–H and O–H groups in total. The van der Waals surface area contributed by atoms with E-state index in [0.717, 1.165) is 10.5 Å². The number of ketones is 1. The Morgan fingerprint density at radius 1 is 1.21 bits per heavy atom. The highest BCUT2D eigenvalue weighted by molar-refractivity contribution is 7.98. The van der Waals surface area contributed by atoms with Gasteiger partial charge in [-0.1, -0.05) is 9.73 Å². The summed E-state index contributed by atoms with van der Waals surface area (Å²) in [5.74, 6) is 0.0978. The molecule has 0 atom stereocenters. The molecule has 19 heavy (non-hydrogen) atoms. The average Bonchev–Trinajstić information content (AvgIpc) is 3.00. The van der Waals surface area contributed by atoms with Crippen LogP contribution in [0.25, 0.3) is 17.0 Å². The standard InChI is InChI=1S/C11H6N6OS/c1-19-5-2-3-6-7(4-5)8-9(10(6)18)12-11-13-15-16-17(11)14-8/h2-4H,1H3. The van der Waals surface area contributed by atoms with E-state index in [0.29, 0.717) is 17.0 Å². The fourth-order valence-electron chi connectivity index (χ4n) is 2.12. The summed E-state index contributed by atoms with van der Waals surface area (Å²) in [5.41, 5.74) is 2.26. The van der Waals surface area contributed by atoms with Gasteiger partial charge in [0.2, 0.25) is 5.78 Å². The molecule has 2 heterocycles. The molecule has 0 saturated carbocycles. The normalized spacial score (nSPS) is 12.8. The zero-order valence-corrected chi connectivity index (χ0v) is 10.5. The van der Waals surface area contributed by atoms with Crippen molar-refractivity contribution < 1.29 is 4.79 Å². The summed E-state index contributed by atoms with van der Waals surface area (Å²) in [4.78, 5) is 17.5. The molecule has 1 aliphatic carbocycles. The van der Waals surface area contributed by atoms with Crippen LogP contribution < -0.4 is 0 Å². The molecule has 0 spiro atoms. The first-order valence-corrected chi connectivity index (χ1v) is 6.70. The van der Waals surface area contributed by atoms with Crippen LogP contribution in [0.2, 0.25) is 0 Å². The van der Waals surface area contributed by atoms with Gasteiger partial charge in [-0.2, -0.15) is 0 Å². The zero-order valence-electron chi connectivity index (χ0n) is 9.73. The van der Waals surface area contributed by atoms with Gasteiger partial charge in [0, 0.05) is 16.0 Å². The minimum Gasteiger partial charge on any atom is -0.287 e. The molecule has 2 aromatic heterocycles. The maximum absolute atomic E-state index is 12.3. The molecule has 0 radical (unpaired) electrons. The maximum atomic E-state index is 12.3. The first-order valence-electron chi connectivity index (χ1n) is 5.47. The summed E-state index contributed by atoms with van der Waals surface area (Å²) in [6.07, 6.45) is 1.98. The predicted octanol–water partition coefficient (Wildman–Crippen LogP) is 0.848. The summed E-state index contributed by atoms with van der Waals surface area (Å²) in [5, 5.41) is 15.2. The summed E-state index contributed by atoms with van der Waals surface area (Å²) >= 11 is 1.61. The average molecular weight is 270 g/mol. The van der Waals surface area contributed by atoms with Crippen LogP contribution >= 0.6 is 11.8 Å². The topological polar surface area (TPSA) is 85.9 Å². The number of benzene rings is 1. The van der Waals surface area contributed by atoms with Crippen LogP contribution in [-0.2, 0) is 0 Å². The van der Waals surface area contributed by atoms with E-state index in [1.807, 2.05) is 18.4 Å². The smallest absolute Gasteiger partial charge is 0.287 e. The van der Waals surface area contributed by atoms with Gasteiger partial charge in [0.15, 0.2) is 0 Å². The fraction of sp³-hybridized carbons (Fsp3) is 0.0909. The van der Waals surface area contributed by atoms with Crippen molar-refractivity contribution in [1.29, 1.82) is 0 Å². The van der Waals surface area contributed by atoms with Gasteiger partial charge in [0.05, 0.1) is 0 Å². The van der Waals surface area contributed by atoms with Crippen molar-refractivity contribution in [1.82, 2.24) is 30.2 Å².